The molecule has 1 unspecified atom stereocenters. The maximum Gasteiger partial charge on any atom is 0.304 e. The van der Waals surface area contributed by atoms with Crippen LogP contribution < -0.4 is 0 Å². The van der Waals surface area contributed by atoms with Gasteiger partial charge < -0.3 is 14.7 Å². The summed E-state index contributed by atoms with van der Waals surface area (Å²) in [7, 11) is 0. The van der Waals surface area contributed by atoms with Gasteiger partial charge in [0.05, 0.1) is 6.42 Å². The van der Waals surface area contributed by atoms with Gasteiger partial charge >= 0.3 is 5.97 Å². The zero-order valence-corrected chi connectivity index (χ0v) is 11.7. The lowest BCUT2D eigenvalue weighted by Gasteiger charge is -2.34. The molecule has 5 heteroatoms. The van der Waals surface area contributed by atoms with Crippen molar-refractivity contribution < 1.29 is 14.6 Å². The first-order chi connectivity index (χ1) is 8.74. The second kappa shape index (κ2) is 7.36. The van der Waals surface area contributed by atoms with Crippen LogP contribution in [0.3, 0.4) is 0 Å². The van der Waals surface area contributed by atoms with E-state index in [1.165, 1.54) is 25.7 Å². The number of likely N-dealkylation sites (tertiary alicyclic amines) is 1. The van der Waals surface area contributed by atoms with Crippen LogP contribution in [0.25, 0.3) is 0 Å². The Balaban J connectivity index is 1.70. The number of carbonyl (C=O) groups is 1. The average Bonchev–Trinajstić information content (AvgIpc) is 2.38. The second-order valence-electron chi connectivity index (χ2n) is 5.16. The normalized spacial score (nSPS) is 27.2. The van der Waals surface area contributed by atoms with Crippen LogP contribution in [0.5, 0.6) is 0 Å². The summed E-state index contributed by atoms with van der Waals surface area (Å²) in [4.78, 5) is 12.9. The van der Waals surface area contributed by atoms with E-state index in [4.69, 9.17) is 9.84 Å². The molecule has 2 rings (SSSR count). The van der Waals surface area contributed by atoms with E-state index in [0.717, 1.165) is 31.6 Å². The molecule has 0 aromatic rings. The Hall–Kier alpha value is -0.260. The van der Waals surface area contributed by atoms with E-state index in [2.05, 4.69) is 16.7 Å². The van der Waals surface area contributed by atoms with Gasteiger partial charge in [0.1, 0.15) is 0 Å². The average molecular weight is 273 g/mol. The van der Waals surface area contributed by atoms with Gasteiger partial charge in [-0.1, -0.05) is 0 Å². The first kappa shape index (κ1) is 14.2. The molecule has 0 amide bonds. The number of hydrogen-bond acceptors (Lipinski definition) is 4. The summed E-state index contributed by atoms with van der Waals surface area (Å²) < 4.78 is 5.39. The van der Waals surface area contributed by atoms with E-state index >= 15 is 0 Å². The summed E-state index contributed by atoms with van der Waals surface area (Å²) >= 11 is 2.11. The highest BCUT2D eigenvalue weighted by Gasteiger charge is 2.24. The largest absolute Gasteiger partial charge is 0.481 e. The second-order valence-corrected chi connectivity index (χ2v) is 6.76. The molecule has 18 heavy (non-hydrogen) atoms. The van der Waals surface area contributed by atoms with Crippen molar-refractivity contribution in [3.63, 3.8) is 0 Å². The lowest BCUT2D eigenvalue weighted by atomic mass is 10.1. The van der Waals surface area contributed by atoms with Crippen LogP contribution in [-0.4, -0.2) is 59.3 Å². The van der Waals surface area contributed by atoms with Crippen LogP contribution in [0.2, 0.25) is 0 Å². The van der Waals surface area contributed by atoms with Crippen LogP contribution in [-0.2, 0) is 9.53 Å². The van der Waals surface area contributed by atoms with Gasteiger partial charge in [0.2, 0.25) is 0 Å². The molecule has 2 aliphatic rings. The van der Waals surface area contributed by atoms with Gasteiger partial charge in [0.25, 0.3) is 0 Å². The number of hydrogen-bond donors (Lipinski definition) is 1. The van der Waals surface area contributed by atoms with Crippen molar-refractivity contribution in [2.24, 2.45) is 0 Å². The van der Waals surface area contributed by atoms with Crippen molar-refractivity contribution in [1.29, 1.82) is 0 Å². The number of rotatable bonds is 5. The highest BCUT2D eigenvalue weighted by molar-refractivity contribution is 8.00. The molecule has 2 aliphatic heterocycles. The Bertz CT molecular complexity index is 269. The predicted molar refractivity (Wildman–Crippen MR) is 73.1 cm³/mol. The molecular weight excluding hydrogens is 250 g/mol. The monoisotopic (exact) mass is 273 g/mol. The summed E-state index contributed by atoms with van der Waals surface area (Å²) in [5.74, 6) is -0.686. The fraction of sp³-hybridized carbons (Fsp3) is 0.923. The number of piperidine rings is 1. The Kier molecular flexibility index (Phi) is 5.79. The Morgan fingerprint density at radius 3 is 2.78 bits per heavy atom. The van der Waals surface area contributed by atoms with Crippen LogP contribution in [0.1, 0.15) is 32.1 Å². The lowest BCUT2D eigenvalue weighted by molar-refractivity contribution is -0.137. The third kappa shape index (κ3) is 4.78. The van der Waals surface area contributed by atoms with Gasteiger partial charge in [-0.2, -0.15) is 11.8 Å². The van der Waals surface area contributed by atoms with Crippen molar-refractivity contribution in [2.75, 3.05) is 32.8 Å². The minimum Gasteiger partial charge on any atom is -0.481 e. The van der Waals surface area contributed by atoms with Crippen molar-refractivity contribution in [3.8, 4) is 0 Å². The first-order valence-electron chi connectivity index (χ1n) is 6.91. The molecule has 0 aromatic heterocycles. The minimum absolute atomic E-state index is 0.272. The molecule has 0 aliphatic carbocycles. The molecule has 1 N–H and O–H groups in total. The zero-order valence-electron chi connectivity index (χ0n) is 10.8. The molecule has 2 heterocycles. The summed E-state index contributed by atoms with van der Waals surface area (Å²) in [6, 6.07) is 0. The molecule has 2 saturated heterocycles. The van der Waals surface area contributed by atoms with E-state index in [1.807, 2.05) is 0 Å². The van der Waals surface area contributed by atoms with Crippen LogP contribution >= 0.6 is 11.8 Å². The third-order valence-corrected chi connectivity index (χ3v) is 5.28. The maximum absolute atomic E-state index is 10.6. The number of aliphatic carboxylic acids is 1. The quantitative estimate of drug-likeness (QED) is 0.828. The smallest absolute Gasteiger partial charge is 0.304 e. The summed E-state index contributed by atoms with van der Waals surface area (Å²) in [6.07, 6.45) is 5.12. The van der Waals surface area contributed by atoms with Gasteiger partial charge in [-0.3, -0.25) is 4.79 Å². The Morgan fingerprint density at radius 2 is 2.06 bits per heavy atom. The predicted octanol–water partition coefficient (Wildman–Crippen LogP) is 1.84. The SMILES string of the molecule is O=C(O)CCN1CCCC(SC2CCOCC2)C1. The van der Waals surface area contributed by atoms with Crippen LogP contribution in [0.15, 0.2) is 0 Å². The van der Waals surface area contributed by atoms with E-state index in [1.54, 1.807) is 0 Å². The number of carboxylic acids is 1. The topological polar surface area (TPSA) is 49.8 Å². The molecule has 0 saturated carbocycles. The highest BCUT2D eigenvalue weighted by atomic mass is 32.2. The zero-order chi connectivity index (χ0) is 12.8. The molecule has 4 nitrogen and oxygen atoms in total. The maximum atomic E-state index is 10.6. The van der Waals surface area contributed by atoms with E-state index in [0.29, 0.717) is 11.8 Å². The Morgan fingerprint density at radius 1 is 1.28 bits per heavy atom. The molecular formula is C13H23NO3S. The van der Waals surface area contributed by atoms with E-state index in [9.17, 15) is 4.79 Å². The molecule has 0 radical (unpaired) electrons. The van der Waals surface area contributed by atoms with Gasteiger partial charge in [0.15, 0.2) is 0 Å². The molecule has 104 valence electrons. The minimum atomic E-state index is -0.686. The molecule has 0 bridgehead atoms. The summed E-state index contributed by atoms with van der Waals surface area (Å²) in [5, 5.41) is 10.2. The van der Waals surface area contributed by atoms with Crippen molar-refractivity contribution in [2.45, 2.75) is 42.6 Å². The van der Waals surface area contributed by atoms with E-state index in [-0.39, 0.29) is 6.42 Å². The fourth-order valence-corrected chi connectivity index (χ4v) is 4.27. The molecule has 1 atom stereocenters. The van der Waals surface area contributed by atoms with Crippen molar-refractivity contribution >= 4 is 17.7 Å². The molecule has 0 aromatic carbocycles. The standard InChI is InChI=1S/C13H23NO3S/c15-13(16)3-7-14-6-1-2-12(10-14)18-11-4-8-17-9-5-11/h11-12H,1-10H2,(H,15,16). The number of nitrogens with zero attached hydrogens (tertiary/aromatic N) is 1. The summed E-state index contributed by atoms with van der Waals surface area (Å²) in [5.41, 5.74) is 0. The molecule has 0 spiro atoms. The van der Waals surface area contributed by atoms with Gasteiger partial charge in [-0.25, -0.2) is 0 Å². The van der Waals surface area contributed by atoms with Gasteiger partial charge in [0, 0.05) is 36.8 Å². The molecule has 2 fully saturated rings. The lowest BCUT2D eigenvalue weighted by Crippen LogP contribution is -2.39. The van der Waals surface area contributed by atoms with Crippen molar-refractivity contribution in [1.82, 2.24) is 4.90 Å². The first-order valence-corrected chi connectivity index (χ1v) is 7.85. The number of thioether (sulfide) groups is 1. The van der Waals surface area contributed by atoms with Crippen LogP contribution in [0.4, 0.5) is 0 Å². The fourth-order valence-electron chi connectivity index (χ4n) is 2.67. The highest BCUT2D eigenvalue weighted by Crippen LogP contribution is 2.31. The van der Waals surface area contributed by atoms with Gasteiger partial charge in [-0.15, -0.1) is 0 Å². The van der Waals surface area contributed by atoms with E-state index < -0.39 is 5.97 Å². The Labute approximate surface area is 113 Å². The van der Waals surface area contributed by atoms with Crippen molar-refractivity contribution in [3.05, 3.63) is 0 Å². The number of carboxylic acid groups (broad SMARTS) is 1. The summed E-state index contributed by atoms with van der Waals surface area (Å²) in [6.45, 7) is 4.66. The van der Waals surface area contributed by atoms with Crippen LogP contribution in [0, 0.1) is 0 Å². The number of ether oxygens (including phenoxy) is 1. The third-order valence-electron chi connectivity index (χ3n) is 3.66. The van der Waals surface area contributed by atoms with Gasteiger partial charge in [-0.05, 0) is 32.2 Å².